The van der Waals surface area contributed by atoms with Gasteiger partial charge in [-0.2, -0.15) is 0 Å². The summed E-state index contributed by atoms with van der Waals surface area (Å²) >= 11 is 0. The summed E-state index contributed by atoms with van der Waals surface area (Å²) in [5.74, 6) is -1.31. The highest BCUT2D eigenvalue weighted by atomic mass is 32.2. The zero-order chi connectivity index (χ0) is 13.1. The van der Waals surface area contributed by atoms with Crippen LogP contribution in [-0.2, 0) is 19.4 Å². The van der Waals surface area contributed by atoms with Gasteiger partial charge >= 0.3 is 0 Å². The summed E-state index contributed by atoms with van der Waals surface area (Å²) in [4.78, 5) is 22.0. The number of amides is 1. The molecule has 0 aliphatic carbocycles. The van der Waals surface area contributed by atoms with Crippen molar-refractivity contribution in [1.82, 2.24) is 0 Å². The molecule has 0 saturated carbocycles. The van der Waals surface area contributed by atoms with E-state index in [0.29, 0.717) is 5.69 Å². The Morgan fingerprint density at radius 1 is 1.18 bits per heavy atom. The van der Waals surface area contributed by atoms with Crippen molar-refractivity contribution < 1.29 is 18.0 Å². The monoisotopic (exact) mass is 255 g/mol. The summed E-state index contributed by atoms with van der Waals surface area (Å²) in [6.07, 6.45) is 0. The van der Waals surface area contributed by atoms with Gasteiger partial charge in [0.15, 0.2) is 9.84 Å². The molecule has 5 nitrogen and oxygen atoms in total. The summed E-state index contributed by atoms with van der Waals surface area (Å²) < 4.78 is 23.0. The molecular formula is C11H13NO4S. The van der Waals surface area contributed by atoms with Crippen LogP contribution in [0.3, 0.4) is 0 Å². The van der Waals surface area contributed by atoms with E-state index in [9.17, 15) is 18.0 Å². The number of hydrogen-bond donors (Lipinski definition) is 1. The molecule has 1 rings (SSSR count). The predicted molar refractivity (Wildman–Crippen MR) is 63.5 cm³/mol. The molecule has 0 aromatic heterocycles. The topological polar surface area (TPSA) is 80.3 Å². The van der Waals surface area contributed by atoms with E-state index in [4.69, 9.17) is 0 Å². The normalized spacial score (nSPS) is 10.9. The zero-order valence-electron chi connectivity index (χ0n) is 9.56. The van der Waals surface area contributed by atoms with Crippen molar-refractivity contribution in [2.75, 3.05) is 11.1 Å². The average Bonchev–Trinajstić information content (AvgIpc) is 2.29. The number of carbonyl (C=O) groups is 2. The van der Waals surface area contributed by atoms with Crippen LogP contribution in [0.25, 0.3) is 0 Å². The van der Waals surface area contributed by atoms with Crippen LogP contribution in [0.4, 0.5) is 5.69 Å². The molecule has 1 aromatic carbocycles. The molecular weight excluding hydrogens is 242 g/mol. The number of sulfone groups is 1. The molecule has 6 heteroatoms. The minimum atomic E-state index is -3.24. The molecule has 0 aliphatic heterocycles. The SMILES string of the molecule is CCS(=O)(=O)c1ccc(NC(=O)C(C)=O)cc1. The Kier molecular flexibility index (Phi) is 4.01. The van der Waals surface area contributed by atoms with E-state index in [2.05, 4.69) is 5.32 Å². The largest absolute Gasteiger partial charge is 0.319 e. The molecule has 0 unspecified atom stereocenters. The van der Waals surface area contributed by atoms with Crippen LogP contribution in [0.15, 0.2) is 29.2 Å². The Balaban J connectivity index is 2.90. The van der Waals surface area contributed by atoms with Gasteiger partial charge in [0.2, 0.25) is 5.78 Å². The number of ketones is 1. The first-order valence-electron chi connectivity index (χ1n) is 5.01. The van der Waals surface area contributed by atoms with Crippen molar-refractivity contribution in [3.63, 3.8) is 0 Å². The standard InChI is InChI=1S/C11H13NO4S/c1-3-17(15,16)10-6-4-9(5-7-10)12-11(14)8(2)13/h4-7H,3H2,1-2H3,(H,12,14). The Hall–Kier alpha value is -1.69. The van der Waals surface area contributed by atoms with Gasteiger partial charge < -0.3 is 5.32 Å². The molecule has 0 bridgehead atoms. The van der Waals surface area contributed by atoms with E-state index >= 15 is 0 Å². The van der Waals surface area contributed by atoms with Gasteiger partial charge in [-0.1, -0.05) is 6.92 Å². The molecule has 0 atom stereocenters. The van der Waals surface area contributed by atoms with Crippen molar-refractivity contribution >= 4 is 27.2 Å². The maximum Gasteiger partial charge on any atom is 0.291 e. The average molecular weight is 255 g/mol. The van der Waals surface area contributed by atoms with Crippen molar-refractivity contribution in [3.8, 4) is 0 Å². The molecule has 1 aromatic rings. The van der Waals surface area contributed by atoms with Gasteiger partial charge in [-0.05, 0) is 24.3 Å². The van der Waals surface area contributed by atoms with Crippen LogP contribution in [0, 0.1) is 0 Å². The van der Waals surface area contributed by atoms with E-state index in [1.165, 1.54) is 24.3 Å². The Bertz CT molecular complexity index is 531. The van der Waals surface area contributed by atoms with Gasteiger partial charge in [-0.3, -0.25) is 9.59 Å². The lowest BCUT2D eigenvalue weighted by atomic mass is 10.3. The van der Waals surface area contributed by atoms with Crippen LogP contribution in [0.2, 0.25) is 0 Å². The van der Waals surface area contributed by atoms with Crippen molar-refractivity contribution in [3.05, 3.63) is 24.3 Å². The Labute approximate surface area is 99.8 Å². The minimum absolute atomic E-state index is 0.0200. The molecule has 0 heterocycles. The third-order valence-corrected chi connectivity index (χ3v) is 3.92. The first kappa shape index (κ1) is 13.4. The van der Waals surface area contributed by atoms with E-state index in [1.807, 2.05) is 0 Å². The van der Waals surface area contributed by atoms with Crippen LogP contribution in [-0.4, -0.2) is 25.9 Å². The van der Waals surface area contributed by atoms with Gasteiger partial charge in [0, 0.05) is 12.6 Å². The quantitative estimate of drug-likeness (QED) is 0.814. The maximum absolute atomic E-state index is 11.5. The van der Waals surface area contributed by atoms with Gasteiger partial charge in [-0.15, -0.1) is 0 Å². The highest BCUT2D eigenvalue weighted by Gasteiger charge is 2.12. The van der Waals surface area contributed by atoms with Crippen LogP contribution < -0.4 is 5.32 Å². The highest BCUT2D eigenvalue weighted by Crippen LogP contribution is 2.15. The first-order valence-corrected chi connectivity index (χ1v) is 6.67. The number of rotatable bonds is 4. The predicted octanol–water partition coefficient (Wildman–Crippen LogP) is 1.01. The van der Waals surface area contributed by atoms with Crippen molar-refractivity contribution in [2.24, 2.45) is 0 Å². The number of hydrogen-bond acceptors (Lipinski definition) is 4. The lowest BCUT2D eigenvalue weighted by Gasteiger charge is -2.04. The van der Waals surface area contributed by atoms with Crippen molar-refractivity contribution in [2.45, 2.75) is 18.7 Å². The molecule has 0 spiro atoms. The first-order chi connectivity index (χ1) is 7.86. The van der Waals surface area contributed by atoms with E-state index in [-0.39, 0.29) is 10.6 Å². The fraction of sp³-hybridized carbons (Fsp3) is 0.273. The number of anilines is 1. The molecule has 1 amide bonds. The molecule has 0 radical (unpaired) electrons. The summed E-state index contributed by atoms with van der Waals surface area (Å²) in [5.41, 5.74) is 0.389. The smallest absolute Gasteiger partial charge is 0.291 e. The second kappa shape index (κ2) is 5.09. The lowest BCUT2D eigenvalue weighted by molar-refractivity contribution is -0.133. The third-order valence-electron chi connectivity index (χ3n) is 2.17. The molecule has 0 fully saturated rings. The maximum atomic E-state index is 11.5. The Morgan fingerprint density at radius 2 is 1.71 bits per heavy atom. The van der Waals surface area contributed by atoms with Crippen LogP contribution in [0.1, 0.15) is 13.8 Å². The summed E-state index contributed by atoms with van der Waals surface area (Å²) in [6.45, 7) is 2.71. The molecule has 0 aliphatic rings. The van der Waals surface area contributed by atoms with Crippen LogP contribution in [0.5, 0.6) is 0 Å². The molecule has 0 saturated heterocycles. The van der Waals surface area contributed by atoms with Gasteiger partial charge in [-0.25, -0.2) is 8.42 Å². The van der Waals surface area contributed by atoms with E-state index in [1.54, 1.807) is 6.92 Å². The van der Waals surface area contributed by atoms with Gasteiger partial charge in [0.05, 0.1) is 10.6 Å². The van der Waals surface area contributed by atoms with Gasteiger partial charge in [0.25, 0.3) is 5.91 Å². The van der Waals surface area contributed by atoms with E-state index < -0.39 is 21.5 Å². The van der Waals surface area contributed by atoms with Crippen LogP contribution >= 0.6 is 0 Å². The van der Waals surface area contributed by atoms with Crippen molar-refractivity contribution in [1.29, 1.82) is 0 Å². The Morgan fingerprint density at radius 3 is 2.12 bits per heavy atom. The summed E-state index contributed by atoms with van der Waals surface area (Å²) in [5, 5.41) is 2.35. The molecule has 1 N–H and O–H groups in total. The second-order valence-corrected chi connectivity index (χ2v) is 5.72. The molecule has 92 valence electrons. The number of carbonyl (C=O) groups excluding carboxylic acids is 2. The number of nitrogens with one attached hydrogen (secondary N) is 1. The van der Waals surface area contributed by atoms with Gasteiger partial charge in [0.1, 0.15) is 0 Å². The highest BCUT2D eigenvalue weighted by molar-refractivity contribution is 7.91. The summed E-state index contributed by atoms with van der Waals surface area (Å²) in [6, 6.07) is 5.69. The number of Topliss-reactive ketones (excluding diaryl/α,β-unsaturated/α-hetero) is 1. The van der Waals surface area contributed by atoms with E-state index in [0.717, 1.165) is 6.92 Å². The number of benzene rings is 1. The minimum Gasteiger partial charge on any atom is -0.319 e. The lowest BCUT2D eigenvalue weighted by Crippen LogP contribution is -2.19. The second-order valence-electron chi connectivity index (χ2n) is 3.44. The third kappa shape index (κ3) is 3.39. The fourth-order valence-corrected chi connectivity index (χ4v) is 2.02. The molecule has 17 heavy (non-hydrogen) atoms. The summed E-state index contributed by atoms with van der Waals surface area (Å²) in [7, 11) is -3.24. The zero-order valence-corrected chi connectivity index (χ0v) is 10.4. The fourth-order valence-electron chi connectivity index (χ4n) is 1.13.